The van der Waals surface area contributed by atoms with Gasteiger partial charge >= 0.3 is 12.0 Å². The first-order chi connectivity index (χ1) is 10.8. The van der Waals surface area contributed by atoms with Gasteiger partial charge in [-0.25, -0.2) is 4.79 Å². The number of benzene rings is 1. The van der Waals surface area contributed by atoms with E-state index in [-0.39, 0.29) is 17.5 Å². The normalized spacial score (nSPS) is 12.5. The number of nitrogens with one attached hydrogen (secondary N) is 1. The third-order valence-corrected chi connectivity index (χ3v) is 3.61. The van der Waals surface area contributed by atoms with Crippen molar-refractivity contribution in [3.8, 4) is 0 Å². The highest BCUT2D eigenvalue weighted by Crippen LogP contribution is 2.26. The van der Waals surface area contributed by atoms with Crippen LogP contribution in [-0.4, -0.2) is 24.6 Å². The Morgan fingerprint density at radius 2 is 1.83 bits per heavy atom. The van der Waals surface area contributed by atoms with Gasteiger partial charge in [-0.1, -0.05) is 51.1 Å². The van der Waals surface area contributed by atoms with E-state index in [0.29, 0.717) is 32.2 Å². The van der Waals surface area contributed by atoms with E-state index in [1.165, 1.54) is 0 Å². The predicted octanol–water partition coefficient (Wildman–Crippen LogP) is 3.03. The fourth-order valence-electron chi connectivity index (χ4n) is 2.18. The van der Waals surface area contributed by atoms with Gasteiger partial charge in [0.05, 0.1) is 0 Å². The van der Waals surface area contributed by atoms with E-state index in [9.17, 15) is 9.59 Å². The second-order valence-corrected chi connectivity index (χ2v) is 6.78. The van der Waals surface area contributed by atoms with Crippen molar-refractivity contribution < 1.29 is 14.3 Å². The fraction of sp³-hybridized carbons (Fsp3) is 0.556. The van der Waals surface area contributed by atoms with E-state index in [0.717, 1.165) is 5.56 Å². The SMILES string of the molecule is CC(C)(C)[C@H](Cc1ccccc1)OC(=O)CCCCNC(N)=O. The largest absolute Gasteiger partial charge is 0.461 e. The summed E-state index contributed by atoms with van der Waals surface area (Å²) < 4.78 is 5.70. The lowest BCUT2D eigenvalue weighted by atomic mass is 9.85. The zero-order valence-corrected chi connectivity index (χ0v) is 14.3. The van der Waals surface area contributed by atoms with Crippen LogP contribution in [0.1, 0.15) is 45.6 Å². The summed E-state index contributed by atoms with van der Waals surface area (Å²) >= 11 is 0. The van der Waals surface area contributed by atoms with Gasteiger partial charge in [0.2, 0.25) is 0 Å². The van der Waals surface area contributed by atoms with E-state index < -0.39 is 6.03 Å². The molecule has 0 aliphatic rings. The maximum atomic E-state index is 12.1. The maximum Gasteiger partial charge on any atom is 0.312 e. The smallest absolute Gasteiger partial charge is 0.312 e. The zero-order chi connectivity index (χ0) is 17.3. The Bertz CT molecular complexity index is 495. The number of primary amides is 1. The number of ether oxygens (including phenoxy) is 1. The Labute approximate surface area is 138 Å². The van der Waals surface area contributed by atoms with Gasteiger partial charge in [0.25, 0.3) is 0 Å². The molecule has 0 unspecified atom stereocenters. The molecule has 0 aliphatic heterocycles. The second kappa shape index (κ2) is 9.18. The molecule has 0 radical (unpaired) electrons. The zero-order valence-electron chi connectivity index (χ0n) is 14.3. The summed E-state index contributed by atoms with van der Waals surface area (Å²) in [6, 6.07) is 9.50. The number of hydrogen-bond donors (Lipinski definition) is 2. The highest BCUT2D eigenvalue weighted by molar-refractivity contribution is 5.71. The van der Waals surface area contributed by atoms with Gasteiger partial charge in [0.15, 0.2) is 0 Å². The van der Waals surface area contributed by atoms with Crippen molar-refractivity contribution in [2.45, 2.75) is 52.6 Å². The van der Waals surface area contributed by atoms with Crippen molar-refractivity contribution in [3.05, 3.63) is 35.9 Å². The Morgan fingerprint density at radius 3 is 2.39 bits per heavy atom. The Hall–Kier alpha value is -2.04. The molecule has 5 heteroatoms. The van der Waals surface area contributed by atoms with Crippen LogP contribution in [0.15, 0.2) is 30.3 Å². The molecule has 0 bridgehead atoms. The summed E-state index contributed by atoms with van der Waals surface area (Å²) in [5.74, 6) is -0.195. The molecular weight excluding hydrogens is 292 g/mol. The van der Waals surface area contributed by atoms with Crippen molar-refractivity contribution >= 4 is 12.0 Å². The van der Waals surface area contributed by atoms with Crippen LogP contribution in [0.4, 0.5) is 4.79 Å². The number of hydrogen-bond acceptors (Lipinski definition) is 3. The minimum absolute atomic E-state index is 0.126. The van der Waals surface area contributed by atoms with Gasteiger partial charge in [-0.05, 0) is 23.8 Å². The molecule has 5 nitrogen and oxygen atoms in total. The lowest BCUT2D eigenvalue weighted by Crippen LogP contribution is -2.33. The first-order valence-electron chi connectivity index (χ1n) is 8.06. The van der Waals surface area contributed by atoms with E-state index in [4.69, 9.17) is 10.5 Å². The Balaban J connectivity index is 2.44. The van der Waals surface area contributed by atoms with Crippen molar-refractivity contribution in [1.82, 2.24) is 5.32 Å². The van der Waals surface area contributed by atoms with Crippen molar-refractivity contribution in [2.24, 2.45) is 11.1 Å². The van der Waals surface area contributed by atoms with Crippen molar-refractivity contribution in [2.75, 3.05) is 6.54 Å². The second-order valence-electron chi connectivity index (χ2n) is 6.78. The average molecular weight is 320 g/mol. The molecule has 1 aromatic carbocycles. The van der Waals surface area contributed by atoms with Crippen LogP contribution in [0.5, 0.6) is 0 Å². The molecule has 3 N–H and O–H groups in total. The minimum atomic E-state index is -0.539. The number of carbonyl (C=O) groups excluding carboxylic acids is 2. The third kappa shape index (κ3) is 8.24. The molecule has 0 aromatic heterocycles. The topological polar surface area (TPSA) is 81.4 Å². The van der Waals surface area contributed by atoms with Gasteiger partial charge in [0, 0.05) is 19.4 Å². The molecule has 0 saturated heterocycles. The molecule has 128 valence electrons. The summed E-state index contributed by atoms with van der Waals surface area (Å²) in [6.07, 6.45) is 2.26. The Kier molecular flexibility index (Phi) is 7.59. The number of unbranched alkanes of at least 4 members (excludes halogenated alkanes) is 1. The highest BCUT2D eigenvalue weighted by Gasteiger charge is 2.28. The third-order valence-electron chi connectivity index (χ3n) is 3.61. The van der Waals surface area contributed by atoms with Crippen LogP contribution >= 0.6 is 0 Å². The predicted molar refractivity (Wildman–Crippen MR) is 90.9 cm³/mol. The Morgan fingerprint density at radius 1 is 1.17 bits per heavy atom. The fourth-order valence-corrected chi connectivity index (χ4v) is 2.18. The van der Waals surface area contributed by atoms with E-state index in [1.807, 2.05) is 30.3 Å². The van der Waals surface area contributed by atoms with Gasteiger partial charge in [-0.15, -0.1) is 0 Å². The first kappa shape index (κ1) is 19.0. The number of urea groups is 1. The molecule has 0 fully saturated rings. The monoisotopic (exact) mass is 320 g/mol. The van der Waals surface area contributed by atoms with Crippen LogP contribution in [0.3, 0.4) is 0 Å². The van der Waals surface area contributed by atoms with Gasteiger partial charge in [-0.2, -0.15) is 0 Å². The first-order valence-corrected chi connectivity index (χ1v) is 8.06. The maximum absolute atomic E-state index is 12.1. The highest BCUT2D eigenvalue weighted by atomic mass is 16.5. The van der Waals surface area contributed by atoms with Crippen molar-refractivity contribution in [3.63, 3.8) is 0 Å². The summed E-state index contributed by atoms with van der Waals surface area (Å²) in [6.45, 7) is 6.70. The van der Waals surface area contributed by atoms with Gasteiger partial charge < -0.3 is 15.8 Å². The average Bonchev–Trinajstić information content (AvgIpc) is 2.46. The quantitative estimate of drug-likeness (QED) is 0.570. The molecule has 2 amide bonds. The van der Waals surface area contributed by atoms with E-state index in [1.54, 1.807) is 0 Å². The van der Waals surface area contributed by atoms with Crippen LogP contribution in [0.25, 0.3) is 0 Å². The number of carbonyl (C=O) groups is 2. The molecule has 0 heterocycles. The summed E-state index contributed by atoms with van der Waals surface area (Å²) in [7, 11) is 0. The number of rotatable bonds is 8. The standard InChI is InChI=1S/C18H28N2O3/c1-18(2,3)15(13-14-9-5-4-6-10-14)23-16(21)11-7-8-12-20-17(19)22/h4-6,9-10,15H,7-8,11-13H2,1-3H3,(H3,19,20,22)/t15-/m0/s1. The summed E-state index contributed by atoms with van der Waals surface area (Å²) in [5, 5.41) is 2.50. The van der Waals surface area contributed by atoms with Gasteiger partial charge in [0.1, 0.15) is 6.10 Å². The molecule has 0 spiro atoms. The number of amides is 2. The van der Waals surface area contributed by atoms with Crippen molar-refractivity contribution in [1.29, 1.82) is 0 Å². The van der Waals surface area contributed by atoms with Crippen LogP contribution < -0.4 is 11.1 Å². The van der Waals surface area contributed by atoms with E-state index in [2.05, 4.69) is 26.1 Å². The number of nitrogens with two attached hydrogens (primary N) is 1. The summed E-state index contributed by atoms with van der Waals surface area (Å²) in [4.78, 5) is 22.6. The van der Waals surface area contributed by atoms with Crippen LogP contribution in [0, 0.1) is 5.41 Å². The molecule has 0 saturated carbocycles. The molecule has 23 heavy (non-hydrogen) atoms. The lowest BCUT2D eigenvalue weighted by Gasteiger charge is -2.30. The molecule has 0 aliphatic carbocycles. The lowest BCUT2D eigenvalue weighted by molar-refractivity contribution is -0.154. The molecule has 1 rings (SSSR count). The molecule has 1 aromatic rings. The number of esters is 1. The van der Waals surface area contributed by atoms with Gasteiger partial charge in [-0.3, -0.25) is 4.79 Å². The van der Waals surface area contributed by atoms with Crippen LogP contribution in [0.2, 0.25) is 0 Å². The molecule has 1 atom stereocenters. The molecular formula is C18H28N2O3. The minimum Gasteiger partial charge on any atom is -0.461 e. The summed E-state index contributed by atoms with van der Waals surface area (Å²) in [5.41, 5.74) is 6.01. The van der Waals surface area contributed by atoms with E-state index >= 15 is 0 Å². The van der Waals surface area contributed by atoms with Crippen LogP contribution in [-0.2, 0) is 16.0 Å².